The van der Waals surface area contributed by atoms with Gasteiger partial charge >= 0.3 is 0 Å². The van der Waals surface area contributed by atoms with Crippen LogP contribution in [0.1, 0.15) is 58.2 Å². The molecule has 2 aromatic rings. The Labute approximate surface area is 177 Å². The number of benzene rings is 2. The zero-order valence-electron chi connectivity index (χ0n) is 18.9. The van der Waals surface area contributed by atoms with Crippen molar-refractivity contribution < 1.29 is 0 Å². The van der Waals surface area contributed by atoms with Crippen molar-refractivity contribution in [1.29, 1.82) is 0 Å². The van der Waals surface area contributed by atoms with E-state index in [2.05, 4.69) is 115 Å². The van der Waals surface area contributed by atoms with E-state index in [1.807, 2.05) is 11.8 Å². The van der Waals surface area contributed by atoms with Crippen molar-refractivity contribution in [1.82, 2.24) is 0 Å². The van der Waals surface area contributed by atoms with Crippen LogP contribution in [0.2, 0.25) is 0 Å². The third-order valence-electron chi connectivity index (χ3n) is 6.14. The molecule has 0 atom stereocenters. The second-order valence-corrected chi connectivity index (χ2v) is 9.89. The SMILES string of the molecule is C/C=C\C=C/Cc1c(C(C)(C)C(C)(C)C)ccc(-c2ccc(C)cc2)c1SC. The van der Waals surface area contributed by atoms with Gasteiger partial charge in [0.25, 0.3) is 0 Å². The van der Waals surface area contributed by atoms with E-state index in [1.165, 1.54) is 32.7 Å². The van der Waals surface area contributed by atoms with Crippen LogP contribution in [-0.2, 0) is 11.8 Å². The minimum absolute atomic E-state index is 0.0764. The van der Waals surface area contributed by atoms with Crippen molar-refractivity contribution in [2.24, 2.45) is 5.41 Å². The average molecular weight is 393 g/mol. The molecule has 0 radical (unpaired) electrons. The van der Waals surface area contributed by atoms with Gasteiger partial charge in [-0.05, 0) is 59.6 Å². The highest BCUT2D eigenvalue weighted by Gasteiger charge is 2.36. The first kappa shape index (κ1) is 22.6. The third-order valence-corrected chi connectivity index (χ3v) is 7.01. The molecule has 0 aliphatic carbocycles. The number of allylic oxidation sites excluding steroid dienone is 4. The van der Waals surface area contributed by atoms with Gasteiger partial charge in [-0.3, -0.25) is 0 Å². The van der Waals surface area contributed by atoms with Gasteiger partial charge in [-0.15, -0.1) is 11.8 Å². The molecule has 0 unspecified atom stereocenters. The molecule has 0 amide bonds. The summed E-state index contributed by atoms with van der Waals surface area (Å²) in [5, 5.41) is 0. The molecule has 0 aromatic heterocycles. The Morgan fingerprint density at radius 1 is 0.893 bits per heavy atom. The van der Waals surface area contributed by atoms with E-state index in [-0.39, 0.29) is 10.8 Å². The maximum atomic E-state index is 2.39. The summed E-state index contributed by atoms with van der Waals surface area (Å²) >= 11 is 1.87. The maximum Gasteiger partial charge on any atom is 0.0186 e. The first-order chi connectivity index (χ1) is 13.1. The van der Waals surface area contributed by atoms with Gasteiger partial charge in [0.2, 0.25) is 0 Å². The first-order valence-corrected chi connectivity index (χ1v) is 11.4. The van der Waals surface area contributed by atoms with Crippen LogP contribution in [0.3, 0.4) is 0 Å². The van der Waals surface area contributed by atoms with E-state index in [4.69, 9.17) is 0 Å². The van der Waals surface area contributed by atoms with Gasteiger partial charge in [-0.25, -0.2) is 0 Å². The van der Waals surface area contributed by atoms with E-state index in [9.17, 15) is 0 Å². The molecular weight excluding hydrogens is 356 g/mol. The largest absolute Gasteiger partial charge is 0.129 e. The lowest BCUT2D eigenvalue weighted by Crippen LogP contribution is -2.35. The summed E-state index contributed by atoms with van der Waals surface area (Å²) in [7, 11) is 0. The van der Waals surface area contributed by atoms with Gasteiger partial charge in [0.1, 0.15) is 0 Å². The summed E-state index contributed by atoms with van der Waals surface area (Å²) in [5.41, 5.74) is 7.12. The molecule has 1 heteroatoms. The molecule has 2 aromatic carbocycles. The lowest BCUT2D eigenvalue weighted by Gasteiger charge is -2.41. The van der Waals surface area contributed by atoms with Crippen LogP contribution in [0.5, 0.6) is 0 Å². The molecular formula is C27H36S. The van der Waals surface area contributed by atoms with Crippen molar-refractivity contribution in [2.75, 3.05) is 6.26 Å². The minimum Gasteiger partial charge on any atom is -0.129 e. The van der Waals surface area contributed by atoms with Crippen LogP contribution in [-0.4, -0.2) is 6.26 Å². The number of thioether (sulfide) groups is 1. The lowest BCUT2D eigenvalue weighted by molar-refractivity contribution is 0.224. The monoisotopic (exact) mass is 392 g/mol. The zero-order chi connectivity index (χ0) is 20.9. The van der Waals surface area contributed by atoms with Crippen molar-refractivity contribution in [3.63, 3.8) is 0 Å². The van der Waals surface area contributed by atoms with Gasteiger partial charge in [0, 0.05) is 4.90 Å². The molecule has 0 saturated heterocycles. The minimum atomic E-state index is 0.0764. The Hall–Kier alpha value is -1.73. The molecule has 0 fully saturated rings. The van der Waals surface area contributed by atoms with E-state index in [0.717, 1.165) is 6.42 Å². The smallest absolute Gasteiger partial charge is 0.0186 e. The fraction of sp³-hybridized carbons (Fsp3) is 0.407. The maximum absolute atomic E-state index is 2.39. The lowest BCUT2D eigenvalue weighted by atomic mass is 9.64. The summed E-state index contributed by atoms with van der Waals surface area (Å²) in [6, 6.07) is 13.6. The molecule has 28 heavy (non-hydrogen) atoms. The molecule has 2 rings (SSSR count). The summed E-state index contributed by atoms with van der Waals surface area (Å²) in [6.07, 6.45) is 11.8. The topological polar surface area (TPSA) is 0 Å². The fourth-order valence-electron chi connectivity index (χ4n) is 3.39. The predicted octanol–water partition coefficient (Wildman–Crippen LogP) is 8.38. The molecule has 0 bridgehead atoms. The van der Waals surface area contributed by atoms with E-state index < -0.39 is 0 Å². The summed E-state index contributed by atoms with van der Waals surface area (Å²) in [6.45, 7) is 16.0. The third kappa shape index (κ3) is 4.81. The van der Waals surface area contributed by atoms with Gasteiger partial charge in [0.15, 0.2) is 0 Å². The van der Waals surface area contributed by atoms with Crippen molar-refractivity contribution in [3.8, 4) is 11.1 Å². The number of aryl methyl sites for hydroxylation is 1. The second-order valence-electron chi connectivity index (χ2n) is 9.07. The quantitative estimate of drug-likeness (QED) is 0.351. The normalized spacial score (nSPS) is 13.0. The van der Waals surface area contributed by atoms with Crippen molar-refractivity contribution in [3.05, 3.63) is 77.4 Å². The Morgan fingerprint density at radius 2 is 1.54 bits per heavy atom. The van der Waals surface area contributed by atoms with Crippen molar-refractivity contribution >= 4 is 11.8 Å². The summed E-state index contributed by atoms with van der Waals surface area (Å²) in [5.74, 6) is 0. The van der Waals surface area contributed by atoms with Crippen LogP contribution < -0.4 is 0 Å². The molecule has 0 aliphatic rings. The molecule has 150 valence electrons. The van der Waals surface area contributed by atoms with E-state index in [0.29, 0.717) is 0 Å². The van der Waals surface area contributed by atoms with Crippen LogP contribution in [0.15, 0.2) is 65.6 Å². The number of hydrogen-bond acceptors (Lipinski definition) is 1. The molecule has 0 aliphatic heterocycles. The Balaban J connectivity index is 2.71. The highest BCUT2D eigenvalue weighted by atomic mass is 32.2. The van der Waals surface area contributed by atoms with Gasteiger partial charge in [0.05, 0.1) is 0 Å². The standard InChI is InChI=1S/C27H36S/c1-9-10-11-12-13-23-24(27(6,7)26(3,4)5)19-18-22(25(23)28-8)21-16-14-20(2)15-17-21/h9-12,14-19H,13H2,1-8H3/b10-9-,12-11-. The Bertz CT molecular complexity index is 843. The molecule has 0 saturated carbocycles. The first-order valence-electron chi connectivity index (χ1n) is 10.2. The summed E-state index contributed by atoms with van der Waals surface area (Å²) in [4.78, 5) is 1.41. The van der Waals surface area contributed by atoms with Crippen LogP contribution in [0, 0.1) is 12.3 Å². The van der Waals surface area contributed by atoms with Crippen molar-refractivity contribution in [2.45, 2.75) is 65.2 Å². The second kappa shape index (κ2) is 9.18. The van der Waals surface area contributed by atoms with Crippen LogP contribution in [0.4, 0.5) is 0 Å². The van der Waals surface area contributed by atoms with Gasteiger partial charge < -0.3 is 0 Å². The highest BCUT2D eigenvalue weighted by Crippen LogP contribution is 2.46. The summed E-state index contributed by atoms with van der Waals surface area (Å²) < 4.78 is 0. The molecule has 0 heterocycles. The average Bonchev–Trinajstić information content (AvgIpc) is 2.64. The van der Waals surface area contributed by atoms with Crippen LogP contribution in [0.25, 0.3) is 11.1 Å². The predicted molar refractivity (Wildman–Crippen MR) is 129 cm³/mol. The molecule has 0 spiro atoms. The number of hydrogen-bond donors (Lipinski definition) is 0. The van der Waals surface area contributed by atoms with E-state index >= 15 is 0 Å². The molecule has 0 nitrogen and oxygen atoms in total. The molecule has 0 N–H and O–H groups in total. The number of rotatable bonds is 6. The van der Waals surface area contributed by atoms with Gasteiger partial charge in [-0.1, -0.05) is 101 Å². The fourth-order valence-corrected chi connectivity index (χ4v) is 4.23. The Kier molecular flexibility index (Phi) is 7.39. The highest BCUT2D eigenvalue weighted by molar-refractivity contribution is 7.98. The zero-order valence-corrected chi connectivity index (χ0v) is 19.7. The van der Waals surface area contributed by atoms with Gasteiger partial charge in [-0.2, -0.15) is 0 Å². The Morgan fingerprint density at radius 3 is 2.07 bits per heavy atom. The van der Waals surface area contributed by atoms with Crippen LogP contribution >= 0.6 is 11.8 Å². The van der Waals surface area contributed by atoms with E-state index in [1.54, 1.807) is 0 Å².